The van der Waals surface area contributed by atoms with Gasteiger partial charge in [0.15, 0.2) is 0 Å². The molecule has 1 aliphatic heterocycles. The van der Waals surface area contributed by atoms with Gasteiger partial charge in [0.25, 0.3) is 0 Å². The molecule has 1 unspecified atom stereocenters. The Labute approximate surface area is 220 Å². The number of carbonyl (C=O) groups is 1. The number of amidine groups is 1. The second-order valence-electron chi connectivity index (χ2n) is 9.52. The Morgan fingerprint density at radius 3 is 2.79 bits per heavy atom. The fraction of sp³-hybridized carbons (Fsp3) is 0.286. The van der Waals surface area contributed by atoms with Gasteiger partial charge in [-0.05, 0) is 48.7 Å². The fourth-order valence-corrected chi connectivity index (χ4v) is 4.81. The van der Waals surface area contributed by atoms with Crippen LogP contribution < -0.4 is 15.8 Å². The van der Waals surface area contributed by atoms with Gasteiger partial charge in [0.05, 0.1) is 41.8 Å². The molecule has 1 fully saturated rings. The molecule has 1 saturated heterocycles. The third kappa shape index (κ3) is 4.72. The summed E-state index contributed by atoms with van der Waals surface area (Å²) in [6.07, 6.45) is 6.48. The van der Waals surface area contributed by atoms with Crippen molar-refractivity contribution in [1.29, 1.82) is 0 Å². The van der Waals surface area contributed by atoms with Crippen LogP contribution in [0.2, 0.25) is 0 Å². The van der Waals surface area contributed by atoms with Gasteiger partial charge in [-0.1, -0.05) is 6.92 Å². The van der Waals surface area contributed by atoms with Crippen LogP contribution in [0.25, 0.3) is 16.6 Å². The van der Waals surface area contributed by atoms with Crippen molar-refractivity contribution in [2.24, 2.45) is 10.7 Å². The second kappa shape index (κ2) is 10.0. The summed E-state index contributed by atoms with van der Waals surface area (Å²) in [7, 11) is 3.39. The van der Waals surface area contributed by atoms with Crippen LogP contribution in [-0.4, -0.2) is 63.1 Å². The van der Waals surface area contributed by atoms with E-state index in [1.54, 1.807) is 54.2 Å². The number of hydrogen-bond donors (Lipinski definition) is 3. The smallest absolute Gasteiger partial charge is 0.224 e. The molecule has 4 heterocycles. The summed E-state index contributed by atoms with van der Waals surface area (Å²) < 4.78 is 7.05. The molecule has 10 heteroatoms. The summed E-state index contributed by atoms with van der Waals surface area (Å²) in [6, 6.07) is 8.87. The molecule has 4 N–H and O–H groups in total. The summed E-state index contributed by atoms with van der Waals surface area (Å²) in [4.78, 5) is 23.1. The van der Waals surface area contributed by atoms with Crippen molar-refractivity contribution in [1.82, 2.24) is 19.5 Å². The van der Waals surface area contributed by atoms with E-state index in [2.05, 4.69) is 15.4 Å². The minimum atomic E-state index is -0.0899. The van der Waals surface area contributed by atoms with E-state index in [4.69, 9.17) is 15.5 Å². The maximum Gasteiger partial charge on any atom is 0.224 e. The SMILES string of the molecule is CCc1cc(O)ccc1/N=C(\N)c1cnn2cc(-c3cnc(OC)cc3C)cc2c1NC1CC(=O)N(C)C1. The number of aromatic nitrogens is 3. The number of pyridine rings is 1. The highest BCUT2D eigenvalue weighted by atomic mass is 16.5. The van der Waals surface area contributed by atoms with Crippen LogP contribution in [0.1, 0.15) is 30.0 Å². The van der Waals surface area contributed by atoms with E-state index < -0.39 is 0 Å². The second-order valence-corrected chi connectivity index (χ2v) is 9.52. The Balaban J connectivity index is 1.63. The number of aliphatic imine (C=N–C) groups is 1. The van der Waals surface area contributed by atoms with Crippen LogP contribution in [0.15, 0.2) is 53.9 Å². The Morgan fingerprint density at radius 1 is 1.29 bits per heavy atom. The van der Waals surface area contributed by atoms with Crippen LogP contribution in [0.3, 0.4) is 0 Å². The first-order valence-corrected chi connectivity index (χ1v) is 12.5. The minimum absolute atomic E-state index is 0.0865. The molecule has 38 heavy (non-hydrogen) atoms. The normalized spacial score (nSPS) is 15.9. The topological polar surface area (TPSA) is 130 Å². The number of methoxy groups -OCH3 is 1. The van der Waals surface area contributed by atoms with Crippen LogP contribution in [0.5, 0.6) is 11.6 Å². The third-order valence-corrected chi connectivity index (χ3v) is 6.89. The van der Waals surface area contributed by atoms with E-state index in [9.17, 15) is 9.90 Å². The minimum Gasteiger partial charge on any atom is -0.508 e. The number of phenols is 1. The van der Waals surface area contributed by atoms with Crippen molar-refractivity contribution in [3.63, 3.8) is 0 Å². The quantitative estimate of drug-likeness (QED) is 0.254. The van der Waals surface area contributed by atoms with Gasteiger partial charge in [-0.25, -0.2) is 14.5 Å². The van der Waals surface area contributed by atoms with Crippen molar-refractivity contribution in [3.8, 4) is 22.8 Å². The third-order valence-electron chi connectivity index (χ3n) is 6.89. The Hall–Kier alpha value is -4.60. The first kappa shape index (κ1) is 25.1. The van der Waals surface area contributed by atoms with Crippen LogP contribution >= 0.6 is 0 Å². The summed E-state index contributed by atoms with van der Waals surface area (Å²) in [5.74, 6) is 1.11. The van der Waals surface area contributed by atoms with E-state index in [0.717, 1.165) is 33.5 Å². The predicted molar refractivity (Wildman–Crippen MR) is 147 cm³/mol. The molecular weight excluding hydrogens is 482 g/mol. The number of hydrogen-bond acceptors (Lipinski definition) is 7. The zero-order valence-corrected chi connectivity index (χ0v) is 21.9. The van der Waals surface area contributed by atoms with Crippen molar-refractivity contribution in [2.45, 2.75) is 32.7 Å². The summed E-state index contributed by atoms with van der Waals surface area (Å²) in [5.41, 5.74) is 13.2. The van der Waals surface area contributed by atoms with Gasteiger partial charge in [-0.3, -0.25) is 4.79 Å². The number of anilines is 1. The Morgan fingerprint density at radius 2 is 2.11 bits per heavy atom. The molecule has 0 spiro atoms. The molecule has 1 aliphatic rings. The van der Waals surface area contributed by atoms with E-state index in [-0.39, 0.29) is 23.5 Å². The number of aryl methyl sites for hydroxylation is 2. The molecular formula is C28H31N7O3. The number of carbonyl (C=O) groups excluding carboxylic acids is 1. The van der Waals surface area contributed by atoms with E-state index >= 15 is 0 Å². The van der Waals surface area contributed by atoms with Crippen LogP contribution in [0.4, 0.5) is 11.4 Å². The maximum absolute atomic E-state index is 12.3. The highest BCUT2D eigenvalue weighted by Gasteiger charge is 2.28. The number of amides is 1. The molecule has 10 nitrogen and oxygen atoms in total. The van der Waals surface area contributed by atoms with E-state index in [1.165, 1.54) is 0 Å². The largest absolute Gasteiger partial charge is 0.508 e. The lowest BCUT2D eigenvalue weighted by Crippen LogP contribution is -2.26. The van der Waals surface area contributed by atoms with Crippen molar-refractivity contribution < 1.29 is 14.6 Å². The number of nitrogens with one attached hydrogen (secondary N) is 1. The van der Waals surface area contributed by atoms with E-state index in [0.29, 0.717) is 36.5 Å². The summed E-state index contributed by atoms with van der Waals surface area (Å²) >= 11 is 0. The number of nitrogens with zero attached hydrogens (tertiary/aromatic N) is 5. The molecule has 0 radical (unpaired) electrons. The first-order valence-electron chi connectivity index (χ1n) is 12.5. The molecule has 0 bridgehead atoms. The summed E-state index contributed by atoms with van der Waals surface area (Å²) in [6.45, 7) is 4.58. The maximum atomic E-state index is 12.3. The number of rotatable bonds is 7. The number of likely N-dealkylation sites (tertiary alicyclic amines) is 1. The van der Waals surface area contributed by atoms with Gasteiger partial charge in [0.2, 0.25) is 11.8 Å². The number of ether oxygens (including phenoxy) is 1. The van der Waals surface area contributed by atoms with Gasteiger partial charge in [0.1, 0.15) is 11.6 Å². The standard InChI is InChI=1S/C28H31N7O3/c1-5-17-9-20(36)6-7-23(17)33-28(29)22-13-31-35-14-18(21-12-30-25(38-4)8-16(21)2)10-24(35)27(22)32-19-11-26(37)34(3)15-19/h6-10,12-14,19,32,36H,5,11,15H2,1-4H3,(H2,29,33). The molecule has 3 aromatic heterocycles. The van der Waals surface area contributed by atoms with Crippen LogP contribution in [0, 0.1) is 6.92 Å². The van der Waals surface area contributed by atoms with Crippen LogP contribution in [-0.2, 0) is 11.2 Å². The fourth-order valence-electron chi connectivity index (χ4n) is 4.81. The lowest BCUT2D eigenvalue weighted by molar-refractivity contribution is -0.126. The highest BCUT2D eigenvalue weighted by molar-refractivity contribution is 6.06. The average molecular weight is 514 g/mol. The number of phenolic OH excluding ortho intramolecular Hbond substituents is 1. The van der Waals surface area contributed by atoms with Crippen molar-refractivity contribution >= 4 is 28.6 Å². The van der Waals surface area contributed by atoms with Gasteiger partial charge < -0.3 is 25.8 Å². The predicted octanol–water partition coefficient (Wildman–Crippen LogP) is 3.66. The number of fused-ring (bicyclic) bond motifs is 1. The Kier molecular flexibility index (Phi) is 6.62. The molecule has 196 valence electrons. The lowest BCUT2D eigenvalue weighted by atomic mass is 10.1. The highest BCUT2D eigenvalue weighted by Crippen LogP contribution is 2.33. The molecule has 1 amide bonds. The van der Waals surface area contributed by atoms with Crippen molar-refractivity contribution in [3.05, 3.63) is 65.6 Å². The number of likely N-dealkylation sites (N-methyl/N-ethyl adjacent to an activating group) is 1. The molecule has 1 aromatic carbocycles. The number of benzene rings is 1. The lowest BCUT2D eigenvalue weighted by Gasteiger charge is -2.18. The molecule has 4 aromatic rings. The molecule has 0 aliphatic carbocycles. The van der Waals surface area contributed by atoms with Gasteiger partial charge in [0, 0.05) is 49.6 Å². The van der Waals surface area contributed by atoms with E-state index in [1.807, 2.05) is 32.2 Å². The molecule has 1 atom stereocenters. The summed E-state index contributed by atoms with van der Waals surface area (Å²) in [5, 5.41) is 18.1. The monoisotopic (exact) mass is 513 g/mol. The van der Waals surface area contributed by atoms with Crippen molar-refractivity contribution in [2.75, 3.05) is 26.0 Å². The number of aromatic hydroxyl groups is 1. The van der Waals surface area contributed by atoms with Gasteiger partial charge >= 0.3 is 0 Å². The average Bonchev–Trinajstić information content (AvgIpc) is 3.47. The number of nitrogens with two attached hydrogens (primary N) is 1. The van der Waals surface area contributed by atoms with Gasteiger partial charge in [-0.15, -0.1) is 0 Å². The molecule has 0 saturated carbocycles. The first-order chi connectivity index (χ1) is 18.3. The Bertz CT molecular complexity index is 1560. The molecule has 5 rings (SSSR count). The zero-order chi connectivity index (χ0) is 27.0. The zero-order valence-electron chi connectivity index (χ0n) is 21.9. The van der Waals surface area contributed by atoms with Gasteiger partial charge in [-0.2, -0.15) is 5.10 Å².